The highest BCUT2D eigenvalue weighted by atomic mass is 16.5. The van der Waals surface area contributed by atoms with Gasteiger partial charge in [-0.3, -0.25) is 19.6 Å². The lowest BCUT2D eigenvalue weighted by Crippen LogP contribution is -2.64. The summed E-state index contributed by atoms with van der Waals surface area (Å²) in [6.45, 7) is 3.39. The molecular formula is C24H27N3O4. The second-order valence-corrected chi connectivity index (χ2v) is 7.23. The molecule has 162 valence electrons. The van der Waals surface area contributed by atoms with Crippen LogP contribution in [-0.2, 0) is 16.0 Å². The smallest absolute Gasteiger partial charge is 0.278 e. The van der Waals surface area contributed by atoms with E-state index < -0.39 is 23.3 Å². The Morgan fingerprint density at radius 3 is 1.94 bits per heavy atom. The number of hydrogen-bond acceptors (Lipinski definition) is 4. The fourth-order valence-corrected chi connectivity index (χ4v) is 3.04. The van der Waals surface area contributed by atoms with Gasteiger partial charge in [0.2, 0.25) is 0 Å². The van der Waals surface area contributed by atoms with Gasteiger partial charge in [-0.1, -0.05) is 37.3 Å². The van der Waals surface area contributed by atoms with Crippen molar-refractivity contribution in [3.05, 3.63) is 70.8 Å². The van der Waals surface area contributed by atoms with Crippen LogP contribution in [0.2, 0.25) is 0 Å². The van der Waals surface area contributed by atoms with Crippen molar-refractivity contribution in [3.63, 3.8) is 0 Å². The Hall–Kier alpha value is -3.63. The minimum Gasteiger partial charge on any atom is -0.357 e. The Labute approximate surface area is 182 Å². The van der Waals surface area contributed by atoms with Crippen LogP contribution in [0.4, 0.5) is 0 Å². The van der Waals surface area contributed by atoms with Crippen LogP contribution in [0.3, 0.4) is 0 Å². The minimum absolute atomic E-state index is 0.276. The van der Waals surface area contributed by atoms with Crippen LogP contribution in [0.15, 0.2) is 48.5 Å². The zero-order valence-corrected chi connectivity index (χ0v) is 18.2. The number of aryl methyl sites for hydroxylation is 1. The minimum atomic E-state index is -1.93. The number of amides is 3. The van der Waals surface area contributed by atoms with Gasteiger partial charge in [0, 0.05) is 30.8 Å². The molecule has 0 radical (unpaired) electrons. The van der Waals surface area contributed by atoms with Crippen LogP contribution in [0.5, 0.6) is 0 Å². The zero-order chi connectivity index (χ0) is 23.0. The SMILES string of the molecule is CCCc1ccc(C#Cc2ccc(C(=O)N(C)C(C)(C(=O)NC)C(=O)NO)cc2)cc1. The van der Waals surface area contributed by atoms with Gasteiger partial charge in [-0.15, -0.1) is 0 Å². The third-order valence-corrected chi connectivity index (χ3v) is 5.16. The normalized spacial score (nSPS) is 12.0. The van der Waals surface area contributed by atoms with Gasteiger partial charge in [-0.05, 0) is 55.3 Å². The van der Waals surface area contributed by atoms with Gasteiger partial charge in [-0.25, -0.2) is 5.48 Å². The molecule has 7 heteroatoms. The molecule has 7 nitrogen and oxygen atoms in total. The van der Waals surface area contributed by atoms with Gasteiger partial charge in [-0.2, -0.15) is 0 Å². The van der Waals surface area contributed by atoms with E-state index in [0.717, 1.165) is 28.9 Å². The average Bonchev–Trinajstić information content (AvgIpc) is 2.81. The van der Waals surface area contributed by atoms with Gasteiger partial charge in [0.1, 0.15) is 0 Å². The molecule has 0 fully saturated rings. The standard InChI is InChI=1S/C24H27N3O4/c1-5-6-17-7-9-18(10-8-17)11-12-19-13-15-20(16-14-19)21(28)27(4)24(2,22(29)25-3)23(30)26-31/h7-10,13-16,31H,5-6H2,1-4H3,(H,25,29)(H,26,30). The molecule has 0 heterocycles. The molecule has 0 aliphatic rings. The third kappa shape index (κ3) is 5.30. The summed E-state index contributed by atoms with van der Waals surface area (Å²) in [5.74, 6) is 3.84. The number of nitrogens with one attached hydrogen (secondary N) is 2. The molecule has 31 heavy (non-hydrogen) atoms. The van der Waals surface area contributed by atoms with Crippen molar-refractivity contribution in [3.8, 4) is 11.8 Å². The molecule has 3 N–H and O–H groups in total. The van der Waals surface area contributed by atoms with Gasteiger partial charge >= 0.3 is 0 Å². The molecule has 0 saturated carbocycles. The van der Waals surface area contributed by atoms with E-state index in [-0.39, 0.29) is 5.56 Å². The number of likely N-dealkylation sites (N-methyl/N-ethyl adjacent to an activating group) is 2. The molecule has 0 aromatic heterocycles. The number of carbonyl (C=O) groups is 3. The van der Waals surface area contributed by atoms with Crippen molar-refractivity contribution in [1.82, 2.24) is 15.7 Å². The van der Waals surface area contributed by atoms with Crippen molar-refractivity contribution >= 4 is 17.7 Å². The van der Waals surface area contributed by atoms with E-state index in [1.54, 1.807) is 24.3 Å². The quantitative estimate of drug-likeness (QED) is 0.288. The van der Waals surface area contributed by atoms with Crippen molar-refractivity contribution in [2.75, 3.05) is 14.1 Å². The molecule has 1 unspecified atom stereocenters. The van der Waals surface area contributed by atoms with E-state index in [4.69, 9.17) is 5.21 Å². The predicted octanol–water partition coefficient (Wildman–Crippen LogP) is 2.12. The maximum atomic E-state index is 12.9. The summed E-state index contributed by atoms with van der Waals surface area (Å²) < 4.78 is 0. The summed E-state index contributed by atoms with van der Waals surface area (Å²) in [5.41, 5.74) is 2.69. The number of benzene rings is 2. The number of nitrogens with zero attached hydrogens (tertiary/aromatic N) is 1. The van der Waals surface area contributed by atoms with Crippen LogP contribution in [0.25, 0.3) is 0 Å². The lowest BCUT2D eigenvalue weighted by Gasteiger charge is -2.34. The molecule has 1 atom stereocenters. The van der Waals surface area contributed by atoms with E-state index >= 15 is 0 Å². The van der Waals surface area contributed by atoms with Crippen LogP contribution in [-0.4, -0.2) is 47.5 Å². The van der Waals surface area contributed by atoms with Crippen molar-refractivity contribution in [2.24, 2.45) is 0 Å². The summed E-state index contributed by atoms with van der Waals surface area (Å²) in [7, 11) is 2.66. The lowest BCUT2D eigenvalue weighted by molar-refractivity contribution is -0.148. The van der Waals surface area contributed by atoms with Crippen LogP contribution in [0.1, 0.15) is 47.3 Å². The summed E-state index contributed by atoms with van der Waals surface area (Å²) in [6, 6.07) is 14.6. The Bertz CT molecular complexity index is 986. The molecule has 2 aromatic carbocycles. The average molecular weight is 421 g/mol. The van der Waals surface area contributed by atoms with Crippen LogP contribution >= 0.6 is 0 Å². The first-order valence-corrected chi connectivity index (χ1v) is 9.93. The molecule has 0 spiro atoms. The Kier molecular flexibility index (Phi) is 7.94. The van der Waals surface area contributed by atoms with E-state index in [2.05, 4.69) is 36.2 Å². The van der Waals surface area contributed by atoms with Crippen LogP contribution < -0.4 is 10.8 Å². The summed E-state index contributed by atoms with van der Waals surface area (Å²) in [5, 5.41) is 11.4. The first-order chi connectivity index (χ1) is 14.8. The number of rotatable bonds is 6. The summed E-state index contributed by atoms with van der Waals surface area (Å²) in [4.78, 5) is 38.2. The molecule has 3 amide bonds. The van der Waals surface area contributed by atoms with E-state index in [1.807, 2.05) is 12.1 Å². The molecular weight excluding hydrogens is 394 g/mol. The van der Waals surface area contributed by atoms with Gasteiger partial charge < -0.3 is 10.2 Å². The van der Waals surface area contributed by atoms with Gasteiger partial charge in [0.05, 0.1) is 0 Å². The molecule has 0 aliphatic carbocycles. The first kappa shape index (κ1) is 23.6. The number of hydroxylamine groups is 1. The van der Waals surface area contributed by atoms with Crippen LogP contribution in [0, 0.1) is 11.8 Å². The maximum Gasteiger partial charge on any atom is 0.278 e. The lowest BCUT2D eigenvalue weighted by atomic mass is 9.96. The molecule has 2 aromatic rings. The third-order valence-electron chi connectivity index (χ3n) is 5.16. The highest BCUT2D eigenvalue weighted by Gasteiger charge is 2.47. The number of hydrogen-bond donors (Lipinski definition) is 3. The molecule has 0 bridgehead atoms. The van der Waals surface area contributed by atoms with E-state index in [0.29, 0.717) is 0 Å². The second kappa shape index (κ2) is 10.4. The topological polar surface area (TPSA) is 98.7 Å². The molecule has 0 aliphatic heterocycles. The van der Waals surface area contributed by atoms with Crippen molar-refractivity contribution < 1.29 is 19.6 Å². The fraction of sp³-hybridized carbons (Fsp3) is 0.292. The van der Waals surface area contributed by atoms with Crippen molar-refractivity contribution in [1.29, 1.82) is 0 Å². The van der Waals surface area contributed by atoms with E-state index in [9.17, 15) is 14.4 Å². The fourth-order valence-electron chi connectivity index (χ4n) is 3.04. The second-order valence-electron chi connectivity index (χ2n) is 7.23. The Balaban J connectivity index is 2.20. The van der Waals surface area contributed by atoms with Gasteiger partial charge in [0.25, 0.3) is 17.7 Å². The maximum absolute atomic E-state index is 12.9. The van der Waals surface area contributed by atoms with Gasteiger partial charge in [0.15, 0.2) is 5.54 Å². The molecule has 0 saturated heterocycles. The Morgan fingerprint density at radius 1 is 0.968 bits per heavy atom. The van der Waals surface area contributed by atoms with E-state index in [1.165, 1.54) is 32.1 Å². The zero-order valence-electron chi connectivity index (χ0n) is 18.2. The monoisotopic (exact) mass is 421 g/mol. The predicted molar refractivity (Wildman–Crippen MR) is 117 cm³/mol. The summed E-state index contributed by atoms with van der Waals surface area (Å²) in [6.07, 6.45) is 2.13. The first-order valence-electron chi connectivity index (χ1n) is 9.93. The highest BCUT2D eigenvalue weighted by molar-refractivity contribution is 6.12. The largest absolute Gasteiger partial charge is 0.357 e. The van der Waals surface area contributed by atoms with Crippen molar-refractivity contribution in [2.45, 2.75) is 32.2 Å². The highest BCUT2D eigenvalue weighted by Crippen LogP contribution is 2.18. The summed E-state index contributed by atoms with van der Waals surface area (Å²) >= 11 is 0. The molecule has 2 rings (SSSR count). The number of carbonyl (C=O) groups excluding carboxylic acids is 3. The Morgan fingerprint density at radius 2 is 1.48 bits per heavy atom.